The number of carbonyl (C=O) groups is 2. The Morgan fingerprint density at radius 1 is 1.21 bits per heavy atom. The maximum absolute atomic E-state index is 11.6. The van der Waals surface area contributed by atoms with Crippen molar-refractivity contribution >= 4 is 30.4 Å². The number of nitrogens with one attached hydrogen (secondary N) is 2. The van der Waals surface area contributed by atoms with E-state index in [9.17, 15) is 9.59 Å². The zero-order valence-corrected chi connectivity index (χ0v) is 22.5. The minimum absolute atomic E-state index is 0.0396. The van der Waals surface area contributed by atoms with Gasteiger partial charge in [0.25, 0.3) is 0 Å². The van der Waals surface area contributed by atoms with Crippen molar-refractivity contribution in [3.8, 4) is 0 Å². The molecule has 0 radical (unpaired) electrons. The van der Waals surface area contributed by atoms with Gasteiger partial charge in [0.2, 0.25) is 0 Å². The first-order valence-corrected chi connectivity index (χ1v) is 40.3. The molecule has 0 bridgehead atoms. The summed E-state index contributed by atoms with van der Waals surface area (Å²) in [5.74, 6) is 0.0361. The zero-order valence-electron chi connectivity index (χ0n) is 11.6. The number of carbonyl (C=O) groups excluding carboxylic acids is 2. The first-order chi connectivity index (χ1) is 8.35. The molecule has 0 aliphatic carbocycles. The van der Waals surface area contributed by atoms with Crippen molar-refractivity contribution < 1.29 is 75.4 Å². The summed E-state index contributed by atoms with van der Waals surface area (Å²) in [7, 11) is 8.57. The van der Waals surface area contributed by atoms with E-state index in [2.05, 4.69) is 23.3 Å². The van der Waals surface area contributed by atoms with E-state index >= 15 is 0 Å². The van der Waals surface area contributed by atoms with Crippen LogP contribution in [-0.4, -0.2) is 11.8 Å². The van der Waals surface area contributed by atoms with E-state index in [-0.39, 0.29) is 37.3 Å². The van der Waals surface area contributed by atoms with Crippen molar-refractivity contribution in [1.29, 1.82) is 0 Å². The van der Waals surface area contributed by atoms with Crippen LogP contribution < -0.4 is 7.60 Å². The summed E-state index contributed by atoms with van der Waals surface area (Å²) < 4.78 is 6.41. The van der Waals surface area contributed by atoms with Gasteiger partial charge in [0, 0.05) is 0 Å². The quantitative estimate of drug-likeness (QED) is 0.551. The molecule has 4 nitrogen and oxygen atoms in total. The van der Waals surface area contributed by atoms with Crippen molar-refractivity contribution in [2.75, 3.05) is 0 Å². The Morgan fingerprint density at radius 2 is 1.74 bits per heavy atom. The third kappa shape index (κ3) is 5.98. The Hall–Kier alpha value is 3.81. The first kappa shape index (κ1) is 20.8. The van der Waals surface area contributed by atoms with E-state index in [1.54, 1.807) is 6.92 Å². The molecule has 1 rings (SSSR count). The van der Waals surface area contributed by atoms with E-state index in [4.69, 9.17) is 18.6 Å². The average Bonchev–Trinajstić information content (AvgIpc) is 2.08. The predicted octanol–water partition coefficient (Wildman–Crippen LogP) is 2.29. The number of rotatable bonds is 2. The Balaban J connectivity index is 3.16. The fourth-order valence-corrected chi connectivity index (χ4v) is 538. The van der Waals surface area contributed by atoms with Crippen molar-refractivity contribution in [1.82, 2.24) is 7.60 Å². The Morgan fingerprint density at radius 3 is 2.16 bits per heavy atom. The molecule has 0 unspecified atom stereocenters. The monoisotopic (exact) mass is 519 g/mol. The molecule has 0 atom stereocenters. The van der Waals surface area contributed by atoms with Crippen molar-refractivity contribution in [2.45, 2.75) is 29.5 Å². The zero-order chi connectivity index (χ0) is 15.1. The SMILES string of the molecule is CC(=O)[NH][Ti]1[Ti][Ti]([CH3])([CH3])[Ti][Ti]([Cl])([Cl])([NH]C(C)=O)[Ti]1[CH3]. The summed E-state index contributed by atoms with van der Waals surface area (Å²) in [5, 5.41) is 7.15. The topological polar surface area (TPSA) is 58.2 Å². The van der Waals surface area contributed by atoms with Crippen LogP contribution in [0.15, 0.2) is 0 Å². The molecular weight excluding hydrogens is 502 g/mol. The van der Waals surface area contributed by atoms with Crippen LogP contribution in [0.5, 0.6) is 0 Å². The molecule has 2 amide bonds. The normalized spacial score (nSPS) is 25.1. The van der Waals surface area contributed by atoms with E-state index in [1.807, 2.05) is 0 Å². The van der Waals surface area contributed by atoms with Gasteiger partial charge in [-0.05, 0) is 0 Å². The second-order valence-corrected chi connectivity index (χ2v) is 115. The molecule has 0 aromatic rings. The molecule has 12 heteroatoms. The van der Waals surface area contributed by atoms with Gasteiger partial charge in [-0.3, -0.25) is 0 Å². The Labute approximate surface area is 139 Å². The predicted molar refractivity (Wildman–Crippen MR) is 56.9 cm³/mol. The molecule has 1 aliphatic rings. The van der Waals surface area contributed by atoms with E-state index in [0.717, 1.165) is 0 Å². The van der Waals surface area contributed by atoms with Crippen LogP contribution in [0.4, 0.5) is 0 Å². The molecule has 105 valence electrons. The number of hydrogen-bond acceptors (Lipinski definition) is 2. The van der Waals surface area contributed by atoms with Crippen molar-refractivity contribution in [3.63, 3.8) is 0 Å². The number of halogens is 2. The van der Waals surface area contributed by atoms with Gasteiger partial charge < -0.3 is 0 Å². The van der Waals surface area contributed by atoms with Gasteiger partial charge in [0.05, 0.1) is 0 Å². The summed E-state index contributed by atoms with van der Waals surface area (Å²) in [6.45, 7) is 3.13. The van der Waals surface area contributed by atoms with Crippen LogP contribution in [-0.2, 0) is 75.4 Å². The van der Waals surface area contributed by atoms with Crippen molar-refractivity contribution in [2.24, 2.45) is 0 Å². The third-order valence-electron chi connectivity index (χ3n) is 2.70. The molecule has 0 aromatic heterocycles. The van der Waals surface area contributed by atoms with Crippen LogP contribution in [0, 0.1) is 0 Å². The van der Waals surface area contributed by atoms with Gasteiger partial charge >= 0.3 is 143 Å². The summed E-state index contributed by atoms with van der Waals surface area (Å²) >= 11 is -3.55. The third-order valence-corrected chi connectivity index (χ3v) is 239. The average molecular weight is 519 g/mol. The van der Waals surface area contributed by atoms with Crippen molar-refractivity contribution in [3.05, 3.63) is 0 Å². The number of hydrogen-bond donors (Lipinski definition) is 2. The van der Waals surface area contributed by atoms with Crippen LogP contribution >= 0.6 is 18.6 Å². The second kappa shape index (κ2) is 7.36. The summed E-state index contributed by atoms with van der Waals surface area (Å²) in [6.07, 6.45) is 0. The fourth-order valence-electron chi connectivity index (χ4n) is 2.03. The van der Waals surface area contributed by atoms with E-state index < -0.39 is 40.4 Å². The Kier molecular flexibility index (Phi) is 8.08. The van der Waals surface area contributed by atoms with Gasteiger partial charge in [-0.15, -0.1) is 0 Å². The van der Waals surface area contributed by atoms with Gasteiger partial charge in [-0.1, -0.05) is 0 Å². The molecule has 0 aromatic carbocycles. The first-order valence-electron chi connectivity index (χ1n) is 5.79. The van der Waals surface area contributed by atoms with Crippen LogP contribution in [0.1, 0.15) is 13.8 Å². The van der Waals surface area contributed by atoms with Gasteiger partial charge in [0.1, 0.15) is 0 Å². The molecule has 0 spiro atoms. The van der Waals surface area contributed by atoms with E-state index in [0.29, 0.717) is 0 Å². The Bertz CT molecular complexity index is 420. The molecule has 1 heterocycles. The molecule has 1 aliphatic heterocycles. The summed E-state index contributed by atoms with van der Waals surface area (Å²) in [5.41, 5.74) is 0. The maximum atomic E-state index is 11.6. The number of amides is 2. The van der Waals surface area contributed by atoms with Gasteiger partial charge in [-0.25, -0.2) is 0 Å². The van der Waals surface area contributed by atoms with Crippen LogP contribution in [0.25, 0.3) is 0 Å². The van der Waals surface area contributed by atoms with Gasteiger partial charge in [0.15, 0.2) is 0 Å². The molecule has 2 N–H and O–H groups in total. The molecular formula is C7H17Cl2N2O2Ti6. The summed E-state index contributed by atoms with van der Waals surface area (Å²) in [6, 6.07) is 0. The van der Waals surface area contributed by atoms with E-state index in [1.165, 1.54) is 6.92 Å². The molecule has 0 saturated carbocycles. The van der Waals surface area contributed by atoms with Gasteiger partial charge in [-0.2, -0.15) is 0 Å². The molecule has 1 saturated heterocycles. The second-order valence-electron chi connectivity index (χ2n) is 5.25. The standard InChI is InChI=1S/2C2H5NO.3CH3.2ClH.6Ti/c2*1-2(3)4;;;;;;;;;;;/h2*1H3,(H2,3,4);3*1H3;2*1H;;;;;;/q;;;;;;;;;;;+1;+3/p-4. The molecule has 1 fully saturated rings. The fraction of sp³-hybridized carbons (Fsp3) is 0.714. The summed E-state index contributed by atoms with van der Waals surface area (Å²) in [4.78, 5) is 23.0. The van der Waals surface area contributed by atoms with Crippen LogP contribution in [0.3, 0.4) is 0 Å². The van der Waals surface area contributed by atoms with Crippen LogP contribution in [0.2, 0.25) is 15.7 Å². The minimum atomic E-state index is -3.72. The molecule has 19 heavy (non-hydrogen) atoms.